The van der Waals surface area contributed by atoms with E-state index in [9.17, 15) is 9.59 Å². The third kappa shape index (κ3) is 4.88. The first kappa shape index (κ1) is 20.5. The van der Waals surface area contributed by atoms with Gasteiger partial charge in [0.1, 0.15) is 12.9 Å². The summed E-state index contributed by atoms with van der Waals surface area (Å²) in [5.41, 5.74) is 4.69. The van der Waals surface area contributed by atoms with Gasteiger partial charge in [-0.3, -0.25) is 4.79 Å². The van der Waals surface area contributed by atoms with Crippen LogP contribution in [0.3, 0.4) is 0 Å². The quantitative estimate of drug-likeness (QED) is 0.487. The topological polar surface area (TPSA) is 46.6 Å². The van der Waals surface area contributed by atoms with Gasteiger partial charge in [-0.25, -0.2) is 0 Å². The normalized spacial score (nSPS) is 18.0. The van der Waals surface area contributed by atoms with E-state index in [1.165, 1.54) is 32.1 Å². The third-order valence-corrected chi connectivity index (χ3v) is 6.32. The summed E-state index contributed by atoms with van der Waals surface area (Å²) >= 11 is 0. The smallest absolute Gasteiger partial charge is 0.246 e. The predicted molar refractivity (Wildman–Crippen MR) is 118 cm³/mol. The van der Waals surface area contributed by atoms with Gasteiger partial charge in [-0.05, 0) is 41.2 Å². The highest BCUT2D eigenvalue weighted by molar-refractivity contribution is 5.88. The molecule has 0 aromatic heterocycles. The fourth-order valence-electron chi connectivity index (χ4n) is 4.62. The minimum absolute atomic E-state index is 0.125. The van der Waals surface area contributed by atoms with Crippen molar-refractivity contribution in [2.24, 2.45) is 5.41 Å². The maximum absolute atomic E-state index is 12.4. The second-order valence-electron chi connectivity index (χ2n) is 8.53. The van der Waals surface area contributed by atoms with Crippen LogP contribution in [0.4, 0.5) is 0 Å². The molecule has 4 nitrogen and oxygen atoms in total. The van der Waals surface area contributed by atoms with Crippen molar-refractivity contribution in [2.45, 2.75) is 45.3 Å². The number of nitrogens with zero attached hydrogens (tertiary/aromatic N) is 1. The summed E-state index contributed by atoms with van der Waals surface area (Å²) in [6.07, 6.45) is 11.0. The van der Waals surface area contributed by atoms with E-state index < -0.39 is 0 Å². The van der Waals surface area contributed by atoms with Crippen LogP contribution in [0.25, 0.3) is 11.1 Å². The molecule has 1 amide bonds. The molecular formula is C26H29NO3. The number of benzene rings is 2. The zero-order chi connectivity index (χ0) is 20.8. The lowest BCUT2D eigenvalue weighted by Crippen LogP contribution is -2.43. The molecule has 2 aromatic carbocycles. The molecular weight excluding hydrogens is 374 g/mol. The van der Waals surface area contributed by atoms with E-state index in [4.69, 9.17) is 4.74 Å². The SMILES string of the molecule is O=CCOCc1ccc(-c2ccc(CN3CC4(C=CC3=O)CCCCC4)cc2)cc1. The van der Waals surface area contributed by atoms with Crippen molar-refractivity contribution in [2.75, 3.05) is 13.2 Å². The Hall–Kier alpha value is -2.72. The summed E-state index contributed by atoms with van der Waals surface area (Å²) in [4.78, 5) is 24.8. The maximum Gasteiger partial charge on any atom is 0.246 e. The molecule has 1 aliphatic heterocycles. The summed E-state index contributed by atoms with van der Waals surface area (Å²) in [6.45, 7) is 2.08. The number of carbonyl (C=O) groups is 2. The Morgan fingerprint density at radius 3 is 2.17 bits per heavy atom. The van der Waals surface area contributed by atoms with Gasteiger partial charge in [0.25, 0.3) is 0 Å². The van der Waals surface area contributed by atoms with Crippen molar-refractivity contribution >= 4 is 12.2 Å². The van der Waals surface area contributed by atoms with Crippen LogP contribution in [0.5, 0.6) is 0 Å². The van der Waals surface area contributed by atoms with Crippen LogP contribution < -0.4 is 0 Å². The molecule has 1 saturated carbocycles. The number of carbonyl (C=O) groups excluding carboxylic acids is 2. The van der Waals surface area contributed by atoms with Crippen molar-refractivity contribution in [1.29, 1.82) is 0 Å². The highest BCUT2D eigenvalue weighted by Crippen LogP contribution is 2.40. The minimum Gasteiger partial charge on any atom is -0.369 e. The lowest BCUT2D eigenvalue weighted by atomic mass is 9.72. The highest BCUT2D eigenvalue weighted by Gasteiger charge is 2.35. The fraction of sp³-hybridized carbons (Fsp3) is 0.385. The summed E-state index contributed by atoms with van der Waals surface area (Å²) in [5.74, 6) is 0.127. The minimum atomic E-state index is 0.125. The molecule has 0 unspecified atom stereocenters. The third-order valence-electron chi connectivity index (χ3n) is 6.32. The zero-order valence-electron chi connectivity index (χ0n) is 17.4. The molecule has 0 radical (unpaired) electrons. The van der Waals surface area contributed by atoms with Gasteiger partial charge >= 0.3 is 0 Å². The number of rotatable bonds is 7. The molecule has 4 rings (SSSR count). The number of hydrogen-bond acceptors (Lipinski definition) is 3. The van der Waals surface area contributed by atoms with Gasteiger partial charge in [0.15, 0.2) is 0 Å². The molecule has 156 valence electrons. The van der Waals surface area contributed by atoms with Crippen molar-refractivity contribution < 1.29 is 14.3 Å². The molecule has 0 bridgehead atoms. The molecule has 30 heavy (non-hydrogen) atoms. The van der Waals surface area contributed by atoms with Crippen LogP contribution in [0, 0.1) is 5.41 Å². The van der Waals surface area contributed by atoms with Crippen molar-refractivity contribution in [1.82, 2.24) is 4.90 Å². The Morgan fingerprint density at radius 2 is 1.53 bits per heavy atom. The van der Waals surface area contributed by atoms with Gasteiger partial charge in [0.05, 0.1) is 6.61 Å². The molecule has 2 aliphatic rings. The molecule has 4 heteroatoms. The largest absolute Gasteiger partial charge is 0.369 e. The molecule has 1 aliphatic carbocycles. The Kier molecular flexibility index (Phi) is 6.44. The first-order valence-electron chi connectivity index (χ1n) is 10.9. The number of ether oxygens (including phenoxy) is 1. The lowest BCUT2D eigenvalue weighted by molar-refractivity contribution is -0.129. The van der Waals surface area contributed by atoms with Gasteiger partial charge in [0, 0.05) is 18.5 Å². The molecule has 1 fully saturated rings. The summed E-state index contributed by atoms with van der Waals surface area (Å²) < 4.78 is 5.25. The second-order valence-corrected chi connectivity index (χ2v) is 8.53. The highest BCUT2D eigenvalue weighted by atomic mass is 16.5. The molecule has 0 atom stereocenters. The van der Waals surface area contributed by atoms with Crippen LogP contribution in [0.1, 0.15) is 43.2 Å². The first-order chi connectivity index (χ1) is 14.7. The predicted octanol–water partition coefficient (Wildman–Crippen LogP) is 4.92. The van der Waals surface area contributed by atoms with E-state index in [0.717, 1.165) is 35.1 Å². The molecule has 1 heterocycles. The number of amides is 1. The monoisotopic (exact) mass is 403 g/mol. The molecule has 2 aromatic rings. The maximum atomic E-state index is 12.4. The average molecular weight is 404 g/mol. The summed E-state index contributed by atoms with van der Waals surface area (Å²) in [7, 11) is 0. The van der Waals surface area contributed by atoms with E-state index in [1.807, 2.05) is 17.0 Å². The van der Waals surface area contributed by atoms with Crippen molar-refractivity contribution in [3.05, 3.63) is 71.8 Å². The van der Waals surface area contributed by atoms with Gasteiger partial charge < -0.3 is 14.4 Å². The van der Waals surface area contributed by atoms with Gasteiger partial charge in [-0.1, -0.05) is 73.9 Å². The molecule has 0 saturated heterocycles. The summed E-state index contributed by atoms with van der Waals surface area (Å²) in [6, 6.07) is 16.7. The van der Waals surface area contributed by atoms with Crippen LogP contribution in [-0.4, -0.2) is 30.2 Å². The van der Waals surface area contributed by atoms with Crippen LogP contribution in [0.2, 0.25) is 0 Å². The molecule has 1 spiro atoms. The van der Waals surface area contributed by atoms with Crippen molar-refractivity contribution in [3.63, 3.8) is 0 Å². The van der Waals surface area contributed by atoms with Crippen LogP contribution >= 0.6 is 0 Å². The fourth-order valence-corrected chi connectivity index (χ4v) is 4.62. The standard InChI is InChI=1S/C26H29NO3/c28-16-17-30-19-22-6-10-24(11-7-22)23-8-4-21(5-9-23)18-27-20-26(15-12-25(27)29)13-2-1-3-14-26/h4-12,15-16H,1-3,13-14,17-20H2. The second kappa shape index (κ2) is 9.40. The number of aldehydes is 1. The Bertz CT molecular complexity index is 893. The van der Waals surface area contributed by atoms with E-state index in [0.29, 0.717) is 13.2 Å². The summed E-state index contributed by atoms with van der Waals surface area (Å²) in [5, 5.41) is 0. The van der Waals surface area contributed by atoms with Gasteiger partial charge in [-0.2, -0.15) is 0 Å². The Morgan fingerprint density at radius 1 is 0.900 bits per heavy atom. The Balaban J connectivity index is 1.39. The van der Waals surface area contributed by atoms with E-state index >= 15 is 0 Å². The first-order valence-corrected chi connectivity index (χ1v) is 10.9. The zero-order valence-corrected chi connectivity index (χ0v) is 17.4. The average Bonchev–Trinajstić information content (AvgIpc) is 2.78. The van der Waals surface area contributed by atoms with Crippen molar-refractivity contribution in [3.8, 4) is 11.1 Å². The molecule has 0 N–H and O–H groups in total. The van der Waals surface area contributed by atoms with E-state index in [-0.39, 0.29) is 17.9 Å². The number of hydrogen-bond donors (Lipinski definition) is 0. The van der Waals surface area contributed by atoms with E-state index in [1.54, 1.807) is 6.08 Å². The van der Waals surface area contributed by atoms with Gasteiger partial charge in [0.2, 0.25) is 5.91 Å². The van der Waals surface area contributed by atoms with Crippen LogP contribution in [-0.2, 0) is 27.5 Å². The van der Waals surface area contributed by atoms with Crippen LogP contribution in [0.15, 0.2) is 60.7 Å². The Labute approximate surface area is 178 Å². The van der Waals surface area contributed by atoms with Gasteiger partial charge in [-0.15, -0.1) is 0 Å². The van der Waals surface area contributed by atoms with E-state index in [2.05, 4.69) is 42.5 Å². The lowest BCUT2D eigenvalue weighted by Gasteiger charge is -2.41.